The Morgan fingerprint density at radius 3 is 2.43 bits per heavy atom. The summed E-state index contributed by atoms with van der Waals surface area (Å²) in [6.07, 6.45) is 0. The molecule has 1 heterocycles. The number of para-hydroxylation sites is 2. The van der Waals surface area contributed by atoms with Crippen LogP contribution >= 0.6 is 0 Å². The predicted octanol–water partition coefficient (Wildman–Crippen LogP) is 1.93. The summed E-state index contributed by atoms with van der Waals surface area (Å²) in [6.45, 7) is 0. The molecule has 6 heteroatoms. The molecule has 0 unspecified atom stereocenters. The lowest BCUT2D eigenvalue weighted by molar-refractivity contribution is -0.110. The highest BCUT2D eigenvalue weighted by molar-refractivity contribution is 6.54. The minimum Gasteiger partial charge on any atom is -0.350 e. The number of anilines is 2. The van der Waals surface area contributed by atoms with Crippen molar-refractivity contribution in [2.45, 2.75) is 0 Å². The number of fused-ring (bicyclic) bond motifs is 1. The third-order valence-electron chi connectivity index (χ3n) is 3.05. The van der Waals surface area contributed by atoms with Gasteiger partial charge in [-0.25, -0.2) is 4.79 Å². The number of hydrazone groups is 1. The fraction of sp³-hybridized carbons (Fsp3) is 0. The van der Waals surface area contributed by atoms with E-state index in [1.807, 2.05) is 12.1 Å². The van der Waals surface area contributed by atoms with Crippen LogP contribution in [0, 0.1) is 0 Å². The zero-order valence-electron chi connectivity index (χ0n) is 11.0. The summed E-state index contributed by atoms with van der Waals surface area (Å²) in [5.74, 6) is -0.363. The fourth-order valence-corrected chi connectivity index (χ4v) is 2.11. The maximum atomic E-state index is 12.0. The normalized spacial score (nSPS) is 14.7. The standard InChI is InChI=1S/C15H12N4O2/c16-15(21)19(10-6-2-1-3-7-10)18-13-11-8-4-5-9-12(11)17-14(13)20/h1-9H,(H2,16,21)(H,17,18,20). The summed E-state index contributed by atoms with van der Waals surface area (Å²) < 4.78 is 0. The average Bonchev–Trinajstić information content (AvgIpc) is 2.81. The Balaban J connectivity index is 2.07. The molecule has 0 aromatic heterocycles. The van der Waals surface area contributed by atoms with Crippen molar-refractivity contribution in [3.05, 3.63) is 60.2 Å². The number of rotatable bonds is 2. The summed E-state index contributed by atoms with van der Waals surface area (Å²) >= 11 is 0. The molecule has 0 saturated carbocycles. The second-order valence-electron chi connectivity index (χ2n) is 4.43. The SMILES string of the molecule is NC(=O)N(/N=C1/C(=O)Nc2ccccc21)c1ccccc1. The van der Waals surface area contributed by atoms with E-state index in [-0.39, 0.29) is 11.6 Å². The van der Waals surface area contributed by atoms with E-state index in [0.29, 0.717) is 16.9 Å². The molecular formula is C15H12N4O2. The number of primary amides is 1. The number of nitrogens with zero attached hydrogens (tertiary/aromatic N) is 2. The minimum atomic E-state index is -0.758. The smallest absolute Gasteiger partial charge is 0.340 e. The van der Waals surface area contributed by atoms with Crippen LogP contribution in [0.25, 0.3) is 0 Å². The number of urea groups is 1. The van der Waals surface area contributed by atoms with Crippen molar-refractivity contribution < 1.29 is 9.59 Å². The van der Waals surface area contributed by atoms with E-state index in [4.69, 9.17) is 5.73 Å². The molecule has 104 valence electrons. The molecule has 3 rings (SSSR count). The number of benzene rings is 2. The topological polar surface area (TPSA) is 87.8 Å². The van der Waals surface area contributed by atoms with Crippen LogP contribution in [0.5, 0.6) is 0 Å². The number of hydrogen-bond donors (Lipinski definition) is 2. The highest BCUT2D eigenvalue weighted by Gasteiger charge is 2.27. The molecule has 2 aromatic carbocycles. The molecule has 0 fully saturated rings. The summed E-state index contributed by atoms with van der Waals surface area (Å²) in [5, 5.41) is 7.84. The van der Waals surface area contributed by atoms with E-state index in [9.17, 15) is 9.59 Å². The number of amides is 3. The van der Waals surface area contributed by atoms with Gasteiger partial charge in [-0.1, -0.05) is 36.4 Å². The van der Waals surface area contributed by atoms with Crippen molar-refractivity contribution in [1.82, 2.24) is 0 Å². The molecule has 0 spiro atoms. The molecule has 0 bridgehead atoms. The van der Waals surface area contributed by atoms with Gasteiger partial charge in [-0.15, -0.1) is 0 Å². The molecular weight excluding hydrogens is 268 g/mol. The van der Waals surface area contributed by atoms with Crippen LogP contribution in [0.1, 0.15) is 5.56 Å². The van der Waals surface area contributed by atoms with Crippen LogP contribution in [0.2, 0.25) is 0 Å². The van der Waals surface area contributed by atoms with Gasteiger partial charge in [-0.2, -0.15) is 10.1 Å². The highest BCUT2D eigenvalue weighted by atomic mass is 16.2. The van der Waals surface area contributed by atoms with Crippen LogP contribution in [0.15, 0.2) is 59.7 Å². The van der Waals surface area contributed by atoms with Gasteiger partial charge in [0.2, 0.25) is 0 Å². The zero-order valence-corrected chi connectivity index (χ0v) is 11.0. The number of carbonyl (C=O) groups is 2. The van der Waals surface area contributed by atoms with Crippen molar-refractivity contribution in [3.63, 3.8) is 0 Å². The van der Waals surface area contributed by atoms with Gasteiger partial charge >= 0.3 is 6.03 Å². The lowest BCUT2D eigenvalue weighted by Crippen LogP contribution is -2.33. The van der Waals surface area contributed by atoms with Gasteiger partial charge in [0.15, 0.2) is 5.71 Å². The van der Waals surface area contributed by atoms with Crippen molar-refractivity contribution in [2.24, 2.45) is 10.8 Å². The van der Waals surface area contributed by atoms with E-state index in [0.717, 1.165) is 5.01 Å². The highest BCUT2D eigenvalue weighted by Crippen LogP contribution is 2.24. The lowest BCUT2D eigenvalue weighted by Gasteiger charge is -2.14. The molecule has 21 heavy (non-hydrogen) atoms. The summed E-state index contributed by atoms with van der Waals surface area (Å²) in [4.78, 5) is 23.6. The molecule has 1 aliphatic rings. The second-order valence-corrected chi connectivity index (χ2v) is 4.43. The van der Waals surface area contributed by atoms with Crippen LogP contribution in [-0.2, 0) is 4.79 Å². The van der Waals surface area contributed by atoms with Gasteiger partial charge < -0.3 is 11.1 Å². The third-order valence-corrected chi connectivity index (χ3v) is 3.05. The first kappa shape index (κ1) is 12.9. The first-order valence-electron chi connectivity index (χ1n) is 6.31. The van der Waals surface area contributed by atoms with Gasteiger partial charge in [0.05, 0.1) is 11.4 Å². The number of nitrogens with two attached hydrogens (primary N) is 1. The summed E-state index contributed by atoms with van der Waals surface area (Å²) in [5.41, 5.74) is 7.32. The zero-order chi connectivity index (χ0) is 14.8. The van der Waals surface area contributed by atoms with Crippen LogP contribution < -0.4 is 16.1 Å². The van der Waals surface area contributed by atoms with E-state index in [1.165, 1.54) is 0 Å². The Bertz CT molecular complexity index is 740. The number of carbonyl (C=O) groups excluding carboxylic acids is 2. The fourth-order valence-electron chi connectivity index (χ4n) is 2.11. The van der Waals surface area contributed by atoms with Crippen molar-refractivity contribution in [2.75, 3.05) is 10.3 Å². The Kier molecular flexibility index (Phi) is 3.12. The van der Waals surface area contributed by atoms with E-state index in [2.05, 4.69) is 10.4 Å². The average molecular weight is 280 g/mol. The molecule has 0 radical (unpaired) electrons. The maximum absolute atomic E-state index is 12.0. The third kappa shape index (κ3) is 2.34. The predicted molar refractivity (Wildman–Crippen MR) is 80.1 cm³/mol. The van der Waals surface area contributed by atoms with Gasteiger partial charge in [0.25, 0.3) is 5.91 Å². The Morgan fingerprint density at radius 1 is 1.05 bits per heavy atom. The molecule has 3 amide bonds. The quantitative estimate of drug-likeness (QED) is 0.823. The molecule has 2 aromatic rings. The summed E-state index contributed by atoms with van der Waals surface area (Å²) in [6, 6.07) is 15.1. The summed E-state index contributed by atoms with van der Waals surface area (Å²) in [7, 11) is 0. The van der Waals surface area contributed by atoms with Crippen molar-refractivity contribution >= 4 is 29.0 Å². The van der Waals surface area contributed by atoms with Crippen molar-refractivity contribution in [1.29, 1.82) is 0 Å². The Hall–Kier alpha value is -3.15. The van der Waals surface area contributed by atoms with E-state index in [1.54, 1.807) is 42.5 Å². The van der Waals surface area contributed by atoms with E-state index < -0.39 is 6.03 Å². The largest absolute Gasteiger partial charge is 0.350 e. The Morgan fingerprint density at radius 2 is 1.71 bits per heavy atom. The Labute approximate surface area is 120 Å². The lowest BCUT2D eigenvalue weighted by atomic mass is 10.1. The second kappa shape index (κ2) is 5.09. The molecule has 0 saturated heterocycles. The first-order valence-corrected chi connectivity index (χ1v) is 6.31. The first-order chi connectivity index (χ1) is 10.2. The van der Waals surface area contributed by atoms with Crippen molar-refractivity contribution in [3.8, 4) is 0 Å². The van der Waals surface area contributed by atoms with Crippen LogP contribution in [-0.4, -0.2) is 17.6 Å². The molecule has 3 N–H and O–H groups in total. The number of nitrogens with one attached hydrogen (secondary N) is 1. The molecule has 1 aliphatic heterocycles. The molecule has 6 nitrogen and oxygen atoms in total. The van der Waals surface area contributed by atoms with Crippen LogP contribution in [0.4, 0.5) is 16.2 Å². The van der Waals surface area contributed by atoms with Gasteiger partial charge in [0, 0.05) is 5.56 Å². The van der Waals surface area contributed by atoms with Gasteiger partial charge in [0.1, 0.15) is 0 Å². The van der Waals surface area contributed by atoms with Gasteiger partial charge in [-0.3, -0.25) is 4.79 Å². The molecule has 0 aliphatic carbocycles. The van der Waals surface area contributed by atoms with Crippen LogP contribution in [0.3, 0.4) is 0 Å². The van der Waals surface area contributed by atoms with E-state index >= 15 is 0 Å². The molecule has 0 atom stereocenters. The monoisotopic (exact) mass is 280 g/mol. The maximum Gasteiger partial charge on any atom is 0.340 e. The number of hydrogen-bond acceptors (Lipinski definition) is 3. The van der Waals surface area contributed by atoms with Gasteiger partial charge in [-0.05, 0) is 18.2 Å². The minimum absolute atomic E-state index is 0.160.